The maximum Gasteiger partial charge on any atom is 0.270 e. The van der Waals surface area contributed by atoms with Crippen molar-refractivity contribution in [3.05, 3.63) is 40.1 Å². The third kappa shape index (κ3) is 1.30. The number of nitrogens with zero attached hydrogens (tertiary/aromatic N) is 2. The number of nitro benzene ring substituents is 1. The van der Waals surface area contributed by atoms with Crippen LogP contribution < -0.4 is 0 Å². The summed E-state index contributed by atoms with van der Waals surface area (Å²) in [5.41, 5.74) is 2.98. The maximum atomic E-state index is 10.7. The number of aromatic amines is 1. The van der Waals surface area contributed by atoms with E-state index in [4.69, 9.17) is 0 Å². The van der Waals surface area contributed by atoms with E-state index < -0.39 is 0 Å². The first-order valence-corrected chi connectivity index (χ1v) is 5.68. The SMILES string of the molecule is O=[N+]([O-])c1ccc2c(c1)-c1[nH]ncc1CS2. The van der Waals surface area contributed by atoms with Crippen molar-refractivity contribution in [2.45, 2.75) is 10.6 Å². The lowest BCUT2D eigenvalue weighted by atomic mass is 10.1. The molecule has 80 valence electrons. The second-order valence-corrected chi connectivity index (χ2v) is 4.51. The fraction of sp³-hybridized carbons (Fsp3) is 0.100. The molecule has 2 heterocycles. The zero-order valence-corrected chi connectivity index (χ0v) is 8.95. The van der Waals surface area contributed by atoms with Gasteiger partial charge in [-0.3, -0.25) is 15.2 Å². The van der Waals surface area contributed by atoms with Gasteiger partial charge in [0.25, 0.3) is 5.69 Å². The Kier molecular flexibility index (Phi) is 1.97. The summed E-state index contributed by atoms with van der Waals surface area (Å²) in [5, 5.41) is 17.6. The van der Waals surface area contributed by atoms with E-state index in [1.165, 1.54) is 6.07 Å². The zero-order valence-electron chi connectivity index (χ0n) is 8.14. The van der Waals surface area contributed by atoms with E-state index in [0.717, 1.165) is 27.5 Å². The third-order valence-electron chi connectivity index (χ3n) is 2.54. The van der Waals surface area contributed by atoms with Gasteiger partial charge in [-0.05, 0) is 6.07 Å². The van der Waals surface area contributed by atoms with Crippen LogP contribution in [0.5, 0.6) is 0 Å². The molecule has 3 rings (SSSR count). The number of H-pyrrole nitrogens is 1. The Bertz CT molecular complexity index is 579. The highest BCUT2D eigenvalue weighted by atomic mass is 32.2. The van der Waals surface area contributed by atoms with Gasteiger partial charge in [0.1, 0.15) is 0 Å². The van der Waals surface area contributed by atoms with Gasteiger partial charge in [0.2, 0.25) is 0 Å². The van der Waals surface area contributed by atoms with Crippen molar-refractivity contribution in [3.63, 3.8) is 0 Å². The van der Waals surface area contributed by atoms with Gasteiger partial charge in [-0.25, -0.2) is 0 Å². The van der Waals surface area contributed by atoms with Crippen LogP contribution in [-0.2, 0) is 5.75 Å². The Hall–Kier alpha value is -1.82. The average Bonchev–Trinajstić information content (AvgIpc) is 2.76. The smallest absolute Gasteiger partial charge is 0.270 e. The highest BCUT2D eigenvalue weighted by molar-refractivity contribution is 7.98. The number of rotatable bonds is 1. The van der Waals surface area contributed by atoms with Crippen LogP contribution in [-0.4, -0.2) is 15.1 Å². The predicted molar refractivity (Wildman–Crippen MR) is 60.2 cm³/mol. The first kappa shape index (κ1) is 9.41. The van der Waals surface area contributed by atoms with Gasteiger partial charge in [0.15, 0.2) is 0 Å². The van der Waals surface area contributed by atoms with Crippen molar-refractivity contribution in [3.8, 4) is 11.3 Å². The van der Waals surface area contributed by atoms with Crippen LogP contribution in [0.2, 0.25) is 0 Å². The van der Waals surface area contributed by atoms with Gasteiger partial charge in [0.05, 0.1) is 16.8 Å². The lowest BCUT2D eigenvalue weighted by Crippen LogP contribution is -1.96. The lowest BCUT2D eigenvalue weighted by molar-refractivity contribution is -0.384. The predicted octanol–water partition coefficient (Wildman–Crippen LogP) is 2.59. The number of fused-ring (bicyclic) bond motifs is 3. The Morgan fingerprint density at radius 3 is 3.19 bits per heavy atom. The molecular weight excluding hydrogens is 226 g/mol. The molecule has 0 amide bonds. The van der Waals surface area contributed by atoms with Crippen LogP contribution in [0.25, 0.3) is 11.3 Å². The number of aromatic nitrogens is 2. The lowest BCUT2D eigenvalue weighted by Gasteiger charge is -2.14. The first-order valence-electron chi connectivity index (χ1n) is 4.69. The summed E-state index contributed by atoms with van der Waals surface area (Å²) in [6, 6.07) is 4.92. The van der Waals surface area contributed by atoms with E-state index >= 15 is 0 Å². The first-order chi connectivity index (χ1) is 7.75. The van der Waals surface area contributed by atoms with Gasteiger partial charge in [0, 0.05) is 33.9 Å². The van der Waals surface area contributed by atoms with Crippen molar-refractivity contribution in [1.82, 2.24) is 10.2 Å². The van der Waals surface area contributed by atoms with Gasteiger partial charge >= 0.3 is 0 Å². The van der Waals surface area contributed by atoms with Gasteiger partial charge < -0.3 is 0 Å². The van der Waals surface area contributed by atoms with E-state index in [-0.39, 0.29) is 10.6 Å². The van der Waals surface area contributed by atoms with E-state index in [2.05, 4.69) is 10.2 Å². The van der Waals surface area contributed by atoms with E-state index in [9.17, 15) is 10.1 Å². The largest absolute Gasteiger partial charge is 0.277 e. The molecule has 1 N–H and O–H groups in total. The quantitative estimate of drug-likeness (QED) is 0.607. The molecule has 0 bridgehead atoms. The number of nitrogens with one attached hydrogen (secondary N) is 1. The Morgan fingerprint density at radius 1 is 1.50 bits per heavy atom. The molecule has 1 aliphatic heterocycles. The second-order valence-electron chi connectivity index (χ2n) is 3.50. The van der Waals surface area contributed by atoms with Gasteiger partial charge in [-0.15, -0.1) is 11.8 Å². The summed E-state index contributed by atoms with van der Waals surface area (Å²) in [5.74, 6) is 0.858. The molecule has 2 aromatic rings. The van der Waals surface area contributed by atoms with Crippen molar-refractivity contribution in [2.24, 2.45) is 0 Å². The average molecular weight is 233 g/mol. The molecule has 0 aliphatic carbocycles. The molecular formula is C10H7N3O2S. The molecule has 0 fully saturated rings. The molecule has 1 aromatic carbocycles. The Morgan fingerprint density at radius 2 is 2.38 bits per heavy atom. The minimum Gasteiger partial charge on any atom is -0.277 e. The summed E-state index contributed by atoms with van der Waals surface area (Å²) in [6.07, 6.45) is 1.77. The highest BCUT2D eigenvalue weighted by Gasteiger charge is 2.20. The van der Waals surface area contributed by atoms with E-state index in [1.807, 2.05) is 0 Å². The van der Waals surface area contributed by atoms with Crippen LogP contribution >= 0.6 is 11.8 Å². The molecule has 0 spiro atoms. The number of benzene rings is 1. The normalized spacial score (nSPS) is 13.0. The minimum absolute atomic E-state index is 0.113. The van der Waals surface area contributed by atoms with Crippen molar-refractivity contribution in [2.75, 3.05) is 0 Å². The minimum atomic E-state index is -0.379. The van der Waals surface area contributed by atoms with Crippen molar-refractivity contribution < 1.29 is 4.92 Å². The van der Waals surface area contributed by atoms with Crippen molar-refractivity contribution >= 4 is 17.4 Å². The van der Waals surface area contributed by atoms with Crippen LogP contribution in [0.1, 0.15) is 5.56 Å². The van der Waals surface area contributed by atoms with Crippen LogP contribution in [0.4, 0.5) is 5.69 Å². The molecule has 1 aliphatic rings. The zero-order chi connectivity index (χ0) is 11.1. The van der Waals surface area contributed by atoms with Gasteiger partial charge in [-0.2, -0.15) is 5.10 Å². The number of thioether (sulfide) groups is 1. The number of nitro groups is 1. The monoisotopic (exact) mass is 233 g/mol. The standard InChI is InChI=1S/C10H7N3O2S/c14-13(15)7-1-2-9-8(3-7)10-6(5-16-9)4-11-12-10/h1-4H,5H2,(H,11,12). The summed E-state index contributed by atoms with van der Waals surface area (Å²) in [6.45, 7) is 0. The summed E-state index contributed by atoms with van der Waals surface area (Å²) in [7, 11) is 0. The maximum absolute atomic E-state index is 10.7. The Labute approximate surface area is 95.0 Å². The second kappa shape index (κ2) is 3.34. The molecule has 0 unspecified atom stereocenters. The van der Waals surface area contributed by atoms with Crippen LogP contribution in [0.3, 0.4) is 0 Å². The highest BCUT2D eigenvalue weighted by Crippen LogP contribution is 2.41. The van der Waals surface area contributed by atoms with Crippen LogP contribution in [0, 0.1) is 10.1 Å². The third-order valence-corrected chi connectivity index (χ3v) is 3.67. The van der Waals surface area contributed by atoms with Gasteiger partial charge in [-0.1, -0.05) is 0 Å². The summed E-state index contributed by atoms with van der Waals surface area (Å²) in [4.78, 5) is 11.4. The summed E-state index contributed by atoms with van der Waals surface area (Å²) < 4.78 is 0. The number of hydrogen-bond donors (Lipinski definition) is 1. The molecule has 0 saturated heterocycles. The van der Waals surface area contributed by atoms with Crippen molar-refractivity contribution in [1.29, 1.82) is 0 Å². The number of hydrogen-bond acceptors (Lipinski definition) is 4. The van der Waals surface area contributed by atoms with Crippen LogP contribution in [0.15, 0.2) is 29.3 Å². The molecule has 0 atom stereocenters. The fourth-order valence-corrected chi connectivity index (χ4v) is 2.77. The molecule has 16 heavy (non-hydrogen) atoms. The molecule has 5 nitrogen and oxygen atoms in total. The molecule has 1 aromatic heterocycles. The Balaban J connectivity index is 2.22. The van der Waals surface area contributed by atoms with E-state index in [0.29, 0.717) is 0 Å². The summed E-state index contributed by atoms with van der Waals surface area (Å²) >= 11 is 1.67. The molecule has 6 heteroatoms. The molecule has 0 saturated carbocycles. The molecule has 0 radical (unpaired) electrons. The topological polar surface area (TPSA) is 71.8 Å². The van der Waals surface area contributed by atoms with E-state index in [1.54, 1.807) is 30.1 Å². The number of non-ortho nitro benzene ring substituents is 1. The fourth-order valence-electron chi connectivity index (χ4n) is 1.76.